The smallest absolute Gasteiger partial charge is 0.255 e. The van der Waals surface area contributed by atoms with Crippen molar-refractivity contribution in [1.82, 2.24) is 9.97 Å². The molecule has 4 aromatic carbocycles. The maximum absolute atomic E-state index is 13.1. The zero-order valence-electron chi connectivity index (χ0n) is 17.0. The summed E-state index contributed by atoms with van der Waals surface area (Å²) in [5.74, 6) is -0.652. The van der Waals surface area contributed by atoms with Crippen molar-refractivity contribution in [2.45, 2.75) is 0 Å². The van der Waals surface area contributed by atoms with Gasteiger partial charge in [0.05, 0.1) is 22.4 Å². The molecular formula is C27H18FN3O. The van der Waals surface area contributed by atoms with Crippen LogP contribution in [0.5, 0.6) is 0 Å². The maximum Gasteiger partial charge on any atom is 0.255 e. The van der Waals surface area contributed by atoms with E-state index in [9.17, 15) is 9.18 Å². The molecule has 0 aliphatic heterocycles. The van der Waals surface area contributed by atoms with Crippen molar-refractivity contribution < 1.29 is 9.18 Å². The van der Waals surface area contributed by atoms with Crippen LogP contribution >= 0.6 is 0 Å². The van der Waals surface area contributed by atoms with E-state index >= 15 is 0 Å². The van der Waals surface area contributed by atoms with E-state index in [1.165, 1.54) is 24.3 Å². The molecule has 0 fully saturated rings. The lowest BCUT2D eigenvalue weighted by atomic mass is 10.0. The summed E-state index contributed by atoms with van der Waals surface area (Å²) in [5, 5.41) is 2.78. The molecule has 32 heavy (non-hydrogen) atoms. The maximum atomic E-state index is 13.1. The van der Waals surface area contributed by atoms with E-state index < -0.39 is 0 Å². The molecule has 0 unspecified atom stereocenters. The van der Waals surface area contributed by atoms with E-state index in [2.05, 4.69) is 5.32 Å². The van der Waals surface area contributed by atoms with Crippen molar-refractivity contribution in [1.29, 1.82) is 0 Å². The van der Waals surface area contributed by atoms with Gasteiger partial charge in [-0.25, -0.2) is 14.4 Å². The largest absolute Gasteiger partial charge is 0.322 e. The van der Waals surface area contributed by atoms with Crippen molar-refractivity contribution in [3.63, 3.8) is 0 Å². The van der Waals surface area contributed by atoms with Gasteiger partial charge in [-0.1, -0.05) is 60.7 Å². The molecular weight excluding hydrogens is 401 g/mol. The number of aromatic nitrogens is 2. The van der Waals surface area contributed by atoms with Crippen molar-refractivity contribution in [3.8, 4) is 22.5 Å². The van der Waals surface area contributed by atoms with Gasteiger partial charge in [0.2, 0.25) is 0 Å². The van der Waals surface area contributed by atoms with Crippen LogP contribution in [0.3, 0.4) is 0 Å². The number of nitrogens with one attached hydrogen (secondary N) is 1. The predicted molar refractivity (Wildman–Crippen MR) is 125 cm³/mol. The summed E-state index contributed by atoms with van der Waals surface area (Å²) in [6.07, 6.45) is 0. The average molecular weight is 419 g/mol. The summed E-state index contributed by atoms with van der Waals surface area (Å²) in [4.78, 5) is 22.5. The summed E-state index contributed by atoms with van der Waals surface area (Å²) in [7, 11) is 0. The van der Waals surface area contributed by atoms with E-state index in [-0.39, 0.29) is 11.7 Å². The minimum atomic E-state index is -0.355. The lowest BCUT2D eigenvalue weighted by Crippen LogP contribution is -2.12. The third-order valence-corrected chi connectivity index (χ3v) is 5.12. The molecule has 0 aliphatic rings. The number of fused-ring (bicyclic) bond motifs is 1. The van der Waals surface area contributed by atoms with Gasteiger partial charge in [-0.3, -0.25) is 4.79 Å². The topological polar surface area (TPSA) is 54.9 Å². The second-order valence-electron chi connectivity index (χ2n) is 7.32. The van der Waals surface area contributed by atoms with Crippen LogP contribution in [0.4, 0.5) is 10.1 Å². The zero-order valence-corrected chi connectivity index (χ0v) is 17.0. The van der Waals surface area contributed by atoms with E-state index in [0.29, 0.717) is 22.3 Å². The molecule has 1 aromatic heterocycles. The summed E-state index contributed by atoms with van der Waals surface area (Å²) < 4.78 is 13.1. The summed E-state index contributed by atoms with van der Waals surface area (Å²) in [5.41, 5.74) is 5.74. The van der Waals surface area contributed by atoms with Gasteiger partial charge in [0.1, 0.15) is 5.82 Å². The number of hydrogen-bond acceptors (Lipinski definition) is 3. The van der Waals surface area contributed by atoms with E-state index in [1.54, 1.807) is 18.2 Å². The molecule has 0 aliphatic carbocycles. The van der Waals surface area contributed by atoms with Gasteiger partial charge in [0.25, 0.3) is 5.91 Å². The second kappa shape index (κ2) is 8.40. The molecule has 1 N–H and O–H groups in total. The highest BCUT2D eigenvalue weighted by Crippen LogP contribution is 2.31. The number of carbonyl (C=O) groups excluding carboxylic acids is 1. The Labute approximate surface area is 184 Å². The average Bonchev–Trinajstić information content (AvgIpc) is 2.85. The van der Waals surface area contributed by atoms with Gasteiger partial charge in [-0.15, -0.1) is 0 Å². The lowest BCUT2D eigenvalue weighted by Gasteiger charge is -2.11. The van der Waals surface area contributed by atoms with Crippen LogP contribution in [-0.2, 0) is 0 Å². The number of benzene rings is 4. The molecule has 0 saturated carbocycles. The Morgan fingerprint density at radius 1 is 0.656 bits per heavy atom. The standard InChI is InChI=1S/C27H18FN3O/c28-21-12-14-22(15-13-21)29-27(32)20-11-16-23-24(17-20)31-26(19-9-5-2-6-10-19)25(30-23)18-7-3-1-4-8-18/h1-17H,(H,29,32). The molecule has 1 heterocycles. The normalized spacial score (nSPS) is 10.8. The minimum absolute atomic E-state index is 0.297. The van der Waals surface area contributed by atoms with Gasteiger partial charge < -0.3 is 5.32 Å². The highest BCUT2D eigenvalue weighted by Gasteiger charge is 2.15. The number of anilines is 1. The van der Waals surface area contributed by atoms with Crippen molar-refractivity contribution in [2.75, 3.05) is 5.32 Å². The van der Waals surface area contributed by atoms with Crippen molar-refractivity contribution in [3.05, 3.63) is 115 Å². The molecule has 5 rings (SSSR count). The summed E-state index contributed by atoms with van der Waals surface area (Å²) in [6.45, 7) is 0. The molecule has 0 bridgehead atoms. The fourth-order valence-electron chi connectivity index (χ4n) is 3.53. The minimum Gasteiger partial charge on any atom is -0.322 e. The highest BCUT2D eigenvalue weighted by molar-refractivity contribution is 6.06. The molecule has 0 saturated heterocycles. The highest BCUT2D eigenvalue weighted by atomic mass is 19.1. The van der Waals surface area contributed by atoms with Gasteiger partial charge in [0, 0.05) is 22.4 Å². The zero-order chi connectivity index (χ0) is 21.9. The summed E-state index contributed by atoms with van der Waals surface area (Å²) in [6, 6.07) is 30.7. The Morgan fingerprint density at radius 3 is 1.81 bits per heavy atom. The van der Waals surface area contributed by atoms with Gasteiger partial charge in [-0.2, -0.15) is 0 Å². The first-order chi connectivity index (χ1) is 15.7. The monoisotopic (exact) mass is 419 g/mol. The van der Waals surface area contributed by atoms with Crippen LogP contribution < -0.4 is 5.32 Å². The Kier molecular flexibility index (Phi) is 5.14. The number of nitrogens with zero attached hydrogens (tertiary/aromatic N) is 2. The van der Waals surface area contributed by atoms with Crippen LogP contribution in [0, 0.1) is 5.82 Å². The van der Waals surface area contributed by atoms with Crippen molar-refractivity contribution in [2.24, 2.45) is 0 Å². The van der Waals surface area contributed by atoms with Crippen LogP contribution in [0.1, 0.15) is 10.4 Å². The van der Waals surface area contributed by atoms with Crippen molar-refractivity contribution >= 4 is 22.6 Å². The van der Waals surface area contributed by atoms with E-state index in [1.807, 2.05) is 60.7 Å². The SMILES string of the molecule is O=C(Nc1ccc(F)cc1)c1ccc2nc(-c3ccccc3)c(-c3ccccc3)nc2c1. The van der Waals surface area contributed by atoms with Crippen LogP contribution in [0.2, 0.25) is 0 Å². The number of carbonyl (C=O) groups is 1. The predicted octanol–water partition coefficient (Wildman–Crippen LogP) is 6.36. The van der Waals surface area contributed by atoms with Crippen LogP contribution in [0.25, 0.3) is 33.5 Å². The number of rotatable bonds is 4. The van der Waals surface area contributed by atoms with Gasteiger partial charge >= 0.3 is 0 Å². The number of halogens is 1. The number of amides is 1. The fraction of sp³-hybridized carbons (Fsp3) is 0. The molecule has 0 spiro atoms. The lowest BCUT2D eigenvalue weighted by molar-refractivity contribution is 0.102. The molecule has 154 valence electrons. The molecule has 4 nitrogen and oxygen atoms in total. The van der Waals surface area contributed by atoms with E-state index in [0.717, 1.165) is 22.5 Å². The third kappa shape index (κ3) is 3.96. The first kappa shape index (κ1) is 19.6. The second-order valence-corrected chi connectivity index (χ2v) is 7.32. The van der Waals surface area contributed by atoms with Gasteiger partial charge in [-0.05, 0) is 42.5 Å². The Bertz CT molecular complexity index is 1400. The molecule has 5 heteroatoms. The van der Waals surface area contributed by atoms with E-state index in [4.69, 9.17) is 9.97 Å². The fourth-order valence-corrected chi connectivity index (χ4v) is 3.53. The molecule has 0 radical (unpaired) electrons. The summed E-state index contributed by atoms with van der Waals surface area (Å²) >= 11 is 0. The Balaban J connectivity index is 1.59. The quantitative estimate of drug-likeness (QED) is 0.369. The van der Waals surface area contributed by atoms with Crippen LogP contribution in [-0.4, -0.2) is 15.9 Å². The molecule has 5 aromatic rings. The van der Waals surface area contributed by atoms with Gasteiger partial charge in [0.15, 0.2) is 0 Å². The Morgan fingerprint density at radius 2 is 1.22 bits per heavy atom. The number of hydrogen-bond donors (Lipinski definition) is 1. The van der Waals surface area contributed by atoms with Crippen LogP contribution in [0.15, 0.2) is 103 Å². The third-order valence-electron chi connectivity index (χ3n) is 5.12. The Hall–Kier alpha value is -4.38. The molecule has 1 amide bonds. The molecule has 0 atom stereocenters. The first-order valence-electron chi connectivity index (χ1n) is 10.2. The first-order valence-corrected chi connectivity index (χ1v) is 10.2.